The minimum absolute atomic E-state index is 0.0402. The first-order valence-electron chi connectivity index (χ1n) is 8.64. The van der Waals surface area contributed by atoms with E-state index in [1.54, 1.807) is 24.7 Å². The summed E-state index contributed by atoms with van der Waals surface area (Å²) >= 11 is 0. The van der Waals surface area contributed by atoms with Gasteiger partial charge in [0.1, 0.15) is 11.4 Å². The van der Waals surface area contributed by atoms with Crippen LogP contribution in [0.3, 0.4) is 0 Å². The summed E-state index contributed by atoms with van der Waals surface area (Å²) in [5, 5.41) is 5.93. The summed E-state index contributed by atoms with van der Waals surface area (Å²) in [6, 6.07) is 12.8. The van der Waals surface area contributed by atoms with Crippen LogP contribution < -0.4 is 15.4 Å². The highest BCUT2D eigenvalue weighted by Crippen LogP contribution is 2.26. The molecule has 1 amide bonds. The molecule has 0 unspecified atom stereocenters. The summed E-state index contributed by atoms with van der Waals surface area (Å²) in [7, 11) is 0. The molecule has 0 saturated heterocycles. The molecular formula is C20H21N5O2. The number of carbonyl (C=O) groups excluding carboxylic acids is 1. The Labute approximate surface area is 157 Å². The van der Waals surface area contributed by atoms with Crippen LogP contribution in [0.1, 0.15) is 29.9 Å². The third kappa shape index (κ3) is 5.24. The number of rotatable bonds is 7. The summed E-state index contributed by atoms with van der Waals surface area (Å²) < 4.78 is 5.78. The number of anilines is 2. The Morgan fingerprint density at radius 1 is 1.11 bits per heavy atom. The molecule has 0 radical (unpaired) electrons. The Bertz CT molecular complexity index is 900. The maximum absolute atomic E-state index is 12.4. The van der Waals surface area contributed by atoms with Crippen molar-refractivity contribution < 1.29 is 9.53 Å². The molecule has 7 heteroatoms. The molecule has 0 aliphatic heterocycles. The van der Waals surface area contributed by atoms with Crippen molar-refractivity contribution >= 4 is 17.5 Å². The average molecular weight is 363 g/mol. The van der Waals surface area contributed by atoms with E-state index in [0.29, 0.717) is 18.2 Å². The van der Waals surface area contributed by atoms with E-state index < -0.39 is 0 Å². The first-order chi connectivity index (χ1) is 13.1. The van der Waals surface area contributed by atoms with Crippen molar-refractivity contribution in [1.29, 1.82) is 0 Å². The molecule has 2 N–H and O–H groups in total. The molecule has 0 saturated carbocycles. The molecule has 3 rings (SSSR count). The van der Waals surface area contributed by atoms with Crippen molar-refractivity contribution in [2.75, 3.05) is 5.32 Å². The van der Waals surface area contributed by atoms with Gasteiger partial charge in [0.25, 0.3) is 5.91 Å². The highest BCUT2D eigenvalue weighted by molar-refractivity contribution is 5.92. The maximum Gasteiger partial charge on any atom is 0.270 e. The molecule has 27 heavy (non-hydrogen) atoms. The van der Waals surface area contributed by atoms with Crippen LogP contribution in [-0.2, 0) is 6.54 Å². The van der Waals surface area contributed by atoms with Crippen molar-refractivity contribution in [2.45, 2.75) is 26.5 Å². The van der Waals surface area contributed by atoms with Gasteiger partial charge in [0, 0.05) is 25.1 Å². The SMILES string of the molecule is CC(C)Oc1ccccc1Nc1nccc(C(=O)NCc2cccnc2)n1. The number of ether oxygens (including phenoxy) is 1. The minimum atomic E-state index is -0.281. The van der Waals surface area contributed by atoms with E-state index in [0.717, 1.165) is 11.3 Å². The van der Waals surface area contributed by atoms with Crippen molar-refractivity contribution in [2.24, 2.45) is 0 Å². The average Bonchev–Trinajstić information content (AvgIpc) is 2.68. The number of para-hydroxylation sites is 2. The van der Waals surface area contributed by atoms with Crippen LogP contribution in [0, 0.1) is 0 Å². The Balaban J connectivity index is 1.69. The predicted molar refractivity (Wildman–Crippen MR) is 103 cm³/mol. The van der Waals surface area contributed by atoms with Crippen LogP contribution in [0.15, 0.2) is 61.1 Å². The second-order valence-corrected chi connectivity index (χ2v) is 6.10. The van der Waals surface area contributed by atoms with Gasteiger partial charge in [0.05, 0.1) is 11.8 Å². The van der Waals surface area contributed by atoms with Gasteiger partial charge in [-0.2, -0.15) is 0 Å². The number of nitrogens with zero attached hydrogens (tertiary/aromatic N) is 3. The largest absolute Gasteiger partial charge is 0.489 e. The van der Waals surface area contributed by atoms with Crippen LogP contribution in [-0.4, -0.2) is 27.0 Å². The van der Waals surface area contributed by atoms with E-state index >= 15 is 0 Å². The van der Waals surface area contributed by atoms with Crippen LogP contribution in [0.25, 0.3) is 0 Å². The van der Waals surface area contributed by atoms with Gasteiger partial charge < -0.3 is 15.4 Å². The fraction of sp³-hybridized carbons (Fsp3) is 0.200. The first-order valence-corrected chi connectivity index (χ1v) is 8.64. The topological polar surface area (TPSA) is 89.0 Å². The monoisotopic (exact) mass is 363 g/mol. The molecule has 3 aromatic rings. The molecule has 138 valence electrons. The van der Waals surface area contributed by atoms with Gasteiger partial charge in [-0.25, -0.2) is 9.97 Å². The van der Waals surface area contributed by atoms with Gasteiger partial charge in [-0.3, -0.25) is 9.78 Å². The lowest BCUT2D eigenvalue weighted by atomic mass is 10.3. The molecule has 7 nitrogen and oxygen atoms in total. The van der Waals surface area contributed by atoms with Crippen LogP contribution in [0.2, 0.25) is 0 Å². The molecule has 0 aliphatic carbocycles. The number of aromatic nitrogens is 3. The fourth-order valence-corrected chi connectivity index (χ4v) is 2.37. The third-order valence-corrected chi connectivity index (χ3v) is 3.56. The number of amides is 1. The number of carbonyl (C=O) groups is 1. The highest BCUT2D eigenvalue weighted by atomic mass is 16.5. The molecule has 0 fully saturated rings. The van der Waals surface area contributed by atoms with Crippen LogP contribution in [0.5, 0.6) is 5.75 Å². The second kappa shape index (κ2) is 8.75. The molecule has 0 bridgehead atoms. The van der Waals surface area contributed by atoms with Crippen molar-refractivity contribution in [3.8, 4) is 5.75 Å². The zero-order valence-electron chi connectivity index (χ0n) is 15.2. The molecule has 2 heterocycles. The number of nitrogens with one attached hydrogen (secondary N) is 2. The van der Waals surface area contributed by atoms with E-state index in [1.165, 1.54) is 0 Å². The molecule has 1 aromatic carbocycles. The smallest absolute Gasteiger partial charge is 0.270 e. The van der Waals surface area contributed by atoms with E-state index in [9.17, 15) is 4.79 Å². The molecular weight excluding hydrogens is 342 g/mol. The van der Waals surface area contributed by atoms with Gasteiger partial charge in [-0.05, 0) is 43.7 Å². The van der Waals surface area contributed by atoms with Gasteiger partial charge in [0.2, 0.25) is 5.95 Å². The maximum atomic E-state index is 12.4. The lowest BCUT2D eigenvalue weighted by molar-refractivity contribution is 0.0946. The summed E-state index contributed by atoms with van der Waals surface area (Å²) in [5.41, 5.74) is 1.93. The van der Waals surface area contributed by atoms with Crippen molar-refractivity contribution in [3.63, 3.8) is 0 Å². The second-order valence-electron chi connectivity index (χ2n) is 6.10. The number of pyridine rings is 1. The molecule has 0 atom stereocenters. The number of benzene rings is 1. The number of hydrogen-bond acceptors (Lipinski definition) is 6. The van der Waals surface area contributed by atoms with Crippen LogP contribution >= 0.6 is 0 Å². The van der Waals surface area contributed by atoms with Gasteiger partial charge in [-0.15, -0.1) is 0 Å². The van der Waals surface area contributed by atoms with Gasteiger partial charge in [0.15, 0.2) is 0 Å². The van der Waals surface area contributed by atoms with E-state index in [1.807, 2.05) is 50.2 Å². The Morgan fingerprint density at radius 3 is 2.74 bits per heavy atom. The summed E-state index contributed by atoms with van der Waals surface area (Å²) in [6.07, 6.45) is 4.98. The zero-order valence-corrected chi connectivity index (χ0v) is 15.2. The summed E-state index contributed by atoms with van der Waals surface area (Å²) in [4.78, 5) is 24.9. The minimum Gasteiger partial charge on any atom is -0.489 e. The highest BCUT2D eigenvalue weighted by Gasteiger charge is 2.11. The Morgan fingerprint density at radius 2 is 1.96 bits per heavy atom. The van der Waals surface area contributed by atoms with E-state index in [-0.39, 0.29) is 17.7 Å². The van der Waals surface area contributed by atoms with Gasteiger partial charge in [-0.1, -0.05) is 18.2 Å². The summed E-state index contributed by atoms with van der Waals surface area (Å²) in [6.45, 7) is 4.30. The summed E-state index contributed by atoms with van der Waals surface area (Å²) in [5.74, 6) is 0.738. The Kier molecular flexibility index (Phi) is 5.94. The third-order valence-electron chi connectivity index (χ3n) is 3.56. The molecule has 2 aromatic heterocycles. The predicted octanol–water partition coefficient (Wildman–Crippen LogP) is 3.33. The van der Waals surface area contributed by atoms with Gasteiger partial charge >= 0.3 is 0 Å². The number of hydrogen-bond donors (Lipinski definition) is 2. The standard InChI is InChI=1S/C20H21N5O2/c1-14(2)27-18-8-4-3-7-16(18)24-20-22-11-9-17(25-20)19(26)23-13-15-6-5-10-21-12-15/h3-12,14H,13H2,1-2H3,(H,23,26)(H,22,24,25). The van der Waals surface area contributed by atoms with Crippen molar-refractivity contribution in [3.05, 3.63) is 72.3 Å². The fourth-order valence-electron chi connectivity index (χ4n) is 2.37. The van der Waals surface area contributed by atoms with Crippen molar-refractivity contribution in [1.82, 2.24) is 20.3 Å². The normalized spacial score (nSPS) is 10.5. The lowest BCUT2D eigenvalue weighted by Crippen LogP contribution is -2.24. The Hall–Kier alpha value is -3.48. The van der Waals surface area contributed by atoms with E-state index in [2.05, 4.69) is 25.6 Å². The quantitative estimate of drug-likeness (QED) is 0.669. The lowest BCUT2D eigenvalue weighted by Gasteiger charge is -2.14. The van der Waals surface area contributed by atoms with E-state index in [4.69, 9.17) is 4.74 Å². The molecule has 0 spiro atoms. The van der Waals surface area contributed by atoms with Crippen LogP contribution in [0.4, 0.5) is 11.6 Å². The molecule has 0 aliphatic rings. The first kappa shape index (κ1) is 18.3. The zero-order chi connectivity index (χ0) is 19.1.